The SMILES string of the molecule is COC(=O)CCSc1ccc2c(C(=O)Nc3ccc(C(O)(C(F)(F)F)C(F)(F)F)cc3)n(C(=O)OC(C)(C)C)cc2c1. The number of amides is 1. The molecule has 0 unspecified atom stereocenters. The van der Waals surface area contributed by atoms with Crippen LogP contribution in [0, 0.1) is 0 Å². The number of aliphatic hydroxyl groups is 1. The molecule has 228 valence electrons. The summed E-state index contributed by atoms with van der Waals surface area (Å²) in [6.07, 6.45) is -11.6. The van der Waals surface area contributed by atoms with Gasteiger partial charge in [-0.3, -0.25) is 9.59 Å². The topological polar surface area (TPSA) is 107 Å². The quantitative estimate of drug-likeness (QED) is 0.173. The predicted octanol–water partition coefficient (Wildman–Crippen LogP) is 6.64. The molecule has 0 aliphatic rings. The maximum Gasteiger partial charge on any atom is 0.430 e. The summed E-state index contributed by atoms with van der Waals surface area (Å²) < 4.78 is 90.2. The van der Waals surface area contributed by atoms with E-state index < -0.39 is 47.1 Å². The Hall–Kier alpha value is -3.72. The Kier molecular flexibility index (Phi) is 9.27. The van der Waals surface area contributed by atoms with Crippen LogP contribution in [0.2, 0.25) is 0 Å². The number of hydrogen-bond donors (Lipinski definition) is 2. The molecule has 0 fully saturated rings. The smallest absolute Gasteiger partial charge is 0.430 e. The van der Waals surface area contributed by atoms with Crippen LogP contribution in [-0.2, 0) is 19.9 Å². The van der Waals surface area contributed by atoms with Crippen molar-refractivity contribution < 1.29 is 55.3 Å². The maximum absolute atomic E-state index is 13.3. The molecule has 42 heavy (non-hydrogen) atoms. The molecule has 0 radical (unpaired) electrons. The van der Waals surface area contributed by atoms with Gasteiger partial charge in [0.05, 0.1) is 13.5 Å². The van der Waals surface area contributed by atoms with E-state index in [1.807, 2.05) is 0 Å². The monoisotopic (exact) mass is 620 g/mol. The van der Waals surface area contributed by atoms with E-state index in [0.29, 0.717) is 28.2 Å². The molecule has 0 saturated carbocycles. The first-order valence-electron chi connectivity index (χ1n) is 12.1. The first-order chi connectivity index (χ1) is 19.3. The van der Waals surface area contributed by atoms with E-state index in [2.05, 4.69) is 10.1 Å². The number of esters is 1. The number of nitrogens with zero attached hydrogens (tertiary/aromatic N) is 1. The Morgan fingerprint density at radius 3 is 2.07 bits per heavy atom. The standard InChI is InChI=1S/C27H26F6N2O6S/c1-24(2,3)41-23(38)35-14-15-13-18(42-12-11-20(36)40-4)9-10-19(15)21(35)22(37)34-17-7-5-16(6-8-17)25(39,26(28,29)30)27(31,32)33/h5-10,13-14,39H,11-12H2,1-4H3,(H,34,37). The van der Waals surface area contributed by atoms with Crippen LogP contribution < -0.4 is 5.32 Å². The van der Waals surface area contributed by atoms with Crippen LogP contribution in [0.25, 0.3) is 10.8 Å². The summed E-state index contributed by atoms with van der Waals surface area (Å²) in [5, 5.41) is 12.7. The largest absolute Gasteiger partial charge is 0.469 e. The lowest BCUT2D eigenvalue weighted by molar-refractivity contribution is -0.376. The third-order valence-electron chi connectivity index (χ3n) is 5.78. The third-order valence-corrected chi connectivity index (χ3v) is 6.77. The van der Waals surface area contributed by atoms with E-state index in [9.17, 15) is 45.8 Å². The molecule has 1 amide bonds. The van der Waals surface area contributed by atoms with Gasteiger partial charge in [0.25, 0.3) is 11.5 Å². The zero-order valence-corrected chi connectivity index (χ0v) is 23.5. The van der Waals surface area contributed by atoms with Gasteiger partial charge in [-0.25, -0.2) is 9.36 Å². The van der Waals surface area contributed by atoms with Crippen molar-refractivity contribution in [3.05, 3.63) is 59.9 Å². The minimum atomic E-state index is -6.07. The zero-order valence-electron chi connectivity index (χ0n) is 22.6. The fourth-order valence-corrected chi connectivity index (χ4v) is 4.68. The molecule has 0 bridgehead atoms. The maximum atomic E-state index is 13.3. The van der Waals surface area contributed by atoms with Gasteiger partial charge in [-0.15, -0.1) is 11.8 Å². The van der Waals surface area contributed by atoms with Crippen LogP contribution in [0.3, 0.4) is 0 Å². The molecular formula is C27H26F6N2O6S. The molecule has 0 aliphatic carbocycles. The van der Waals surface area contributed by atoms with Crippen LogP contribution in [0.1, 0.15) is 43.2 Å². The Bertz CT molecular complexity index is 1460. The lowest BCUT2D eigenvalue weighted by Crippen LogP contribution is -2.53. The number of anilines is 1. The molecule has 1 aromatic heterocycles. The Morgan fingerprint density at radius 2 is 1.55 bits per heavy atom. The first-order valence-corrected chi connectivity index (χ1v) is 13.1. The highest BCUT2D eigenvalue weighted by atomic mass is 32.2. The van der Waals surface area contributed by atoms with E-state index in [4.69, 9.17) is 4.74 Å². The van der Waals surface area contributed by atoms with Crippen molar-refractivity contribution in [1.29, 1.82) is 0 Å². The minimum absolute atomic E-state index is 0.147. The molecule has 3 aromatic rings. The summed E-state index contributed by atoms with van der Waals surface area (Å²) in [5.74, 6) is -0.920. The van der Waals surface area contributed by atoms with Gasteiger partial charge in [0.15, 0.2) is 0 Å². The van der Waals surface area contributed by atoms with Crippen molar-refractivity contribution in [2.24, 2.45) is 0 Å². The first kappa shape index (κ1) is 32.8. The van der Waals surface area contributed by atoms with E-state index in [0.717, 1.165) is 16.7 Å². The number of fused-ring (bicyclic) bond motifs is 1. The number of carbonyl (C=O) groups excluding carboxylic acids is 3. The molecule has 2 aromatic carbocycles. The Balaban J connectivity index is 1.97. The highest BCUT2D eigenvalue weighted by molar-refractivity contribution is 7.99. The molecule has 0 spiro atoms. The molecule has 0 saturated heterocycles. The molecule has 1 heterocycles. The molecular weight excluding hydrogens is 594 g/mol. The van der Waals surface area contributed by atoms with Gasteiger partial charge in [0, 0.05) is 38.9 Å². The lowest BCUT2D eigenvalue weighted by Gasteiger charge is -2.32. The van der Waals surface area contributed by atoms with Gasteiger partial charge in [-0.2, -0.15) is 26.3 Å². The number of ether oxygens (including phenoxy) is 2. The van der Waals surface area contributed by atoms with Crippen LogP contribution in [0.5, 0.6) is 0 Å². The summed E-state index contributed by atoms with van der Waals surface area (Å²) in [5.41, 5.74) is -8.00. The number of aromatic nitrogens is 1. The van der Waals surface area contributed by atoms with Gasteiger partial charge < -0.3 is 19.9 Å². The number of methoxy groups -OCH3 is 1. The molecule has 15 heteroatoms. The molecule has 2 N–H and O–H groups in total. The van der Waals surface area contributed by atoms with Gasteiger partial charge in [0.2, 0.25) is 0 Å². The molecule has 0 aliphatic heterocycles. The van der Waals surface area contributed by atoms with Crippen LogP contribution in [0.4, 0.5) is 36.8 Å². The number of alkyl halides is 6. The third kappa shape index (κ3) is 7.01. The number of rotatable bonds is 7. The fraction of sp³-hybridized carbons (Fsp3) is 0.370. The van der Waals surface area contributed by atoms with Gasteiger partial charge in [-0.1, -0.05) is 18.2 Å². The van der Waals surface area contributed by atoms with Crippen molar-refractivity contribution in [3.8, 4) is 0 Å². The average molecular weight is 621 g/mol. The van der Waals surface area contributed by atoms with Crippen molar-refractivity contribution >= 4 is 46.2 Å². The Morgan fingerprint density at radius 1 is 0.952 bits per heavy atom. The zero-order chi connectivity index (χ0) is 31.7. The second kappa shape index (κ2) is 11.9. The van der Waals surface area contributed by atoms with Crippen molar-refractivity contribution in [2.45, 2.75) is 55.6 Å². The van der Waals surface area contributed by atoms with E-state index in [1.165, 1.54) is 25.1 Å². The van der Waals surface area contributed by atoms with Crippen molar-refractivity contribution in [3.63, 3.8) is 0 Å². The predicted molar refractivity (Wildman–Crippen MR) is 141 cm³/mol. The van der Waals surface area contributed by atoms with Gasteiger partial charge in [-0.05, 0) is 45.0 Å². The normalized spacial score (nSPS) is 12.7. The lowest BCUT2D eigenvalue weighted by atomic mass is 9.92. The van der Waals surface area contributed by atoms with E-state index >= 15 is 0 Å². The summed E-state index contributed by atoms with van der Waals surface area (Å²) in [7, 11) is 1.27. The molecule has 8 nitrogen and oxygen atoms in total. The van der Waals surface area contributed by atoms with Gasteiger partial charge in [0.1, 0.15) is 11.3 Å². The van der Waals surface area contributed by atoms with E-state index in [1.54, 1.807) is 39.0 Å². The summed E-state index contributed by atoms with van der Waals surface area (Å²) >= 11 is 1.32. The number of carbonyl (C=O) groups is 3. The van der Waals surface area contributed by atoms with Crippen LogP contribution in [0.15, 0.2) is 53.6 Å². The van der Waals surface area contributed by atoms with Crippen molar-refractivity contribution in [2.75, 3.05) is 18.2 Å². The van der Waals surface area contributed by atoms with Crippen LogP contribution >= 0.6 is 11.8 Å². The van der Waals surface area contributed by atoms with E-state index in [-0.39, 0.29) is 23.2 Å². The van der Waals surface area contributed by atoms with Crippen LogP contribution in [-0.4, -0.2) is 58.5 Å². The summed E-state index contributed by atoms with van der Waals surface area (Å²) in [4.78, 5) is 38.4. The minimum Gasteiger partial charge on any atom is -0.469 e. The molecule has 3 rings (SSSR count). The average Bonchev–Trinajstić information content (AvgIpc) is 3.25. The number of halogens is 6. The molecule has 0 atom stereocenters. The van der Waals surface area contributed by atoms with Gasteiger partial charge >= 0.3 is 24.4 Å². The second-order valence-electron chi connectivity index (χ2n) is 9.99. The summed E-state index contributed by atoms with van der Waals surface area (Å²) in [6.45, 7) is 4.82. The number of benzene rings is 2. The highest BCUT2D eigenvalue weighted by Crippen LogP contribution is 2.50. The second-order valence-corrected chi connectivity index (χ2v) is 11.2. The number of thioether (sulfide) groups is 1. The highest BCUT2D eigenvalue weighted by Gasteiger charge is 2.71. The fourth-order valence-electron chi connectivity index (χ4n) is 3.80. The summed E-state index contributed by atoms with van der Waals surface area (Å²) in [6, 6.07) is 7.15. The Labute approximate surface area is 240 Å². The number of hydrogen-bond acceptors (Lipinski definition) is 7. The van der Waals surface area contributed by atoms with Crippen molar-refractivity contribution in [1.82, 2.24) is 4.57 Å². The number of nitrogens with one attached hydrogen (secondary N) is 1.